The minimum absolute atomic E-state index is 0.0807. The number of hydrogen-bond acceptors (Lipinski definition) is 5. The van der Waals surface area contributed by atoms with Gasteiger partial charge in [-0.15, -0.1) is 11.3 Å². The van der Waals surface area contributed by atoms with Gasteiger partial charge in [-0.2, -0.15) is 5.26 Å². The van der Waals surface area contributed by atoms with Crippen LogP contribution in [0.1, 0.15) is 27.4 Å². The van der Waals surface area contributed by atoms with E-state index in [9.17, 15) is 19.6 Å². The standard InChI is InChI=1S/C17H21N3O3S/c1-11-4-5-14(24-11)16(22)13(10-18)15(21)12-6-8-20(9-7-12)17(23)19(2)3/h4-5,12-13H,6-9H2,1-3H3/t13-/m0/s1. The zero-order valence-corrected chi connectivity index (χ0v) is 14.9. The maximum atomic E-state index is 12.6. The maximum absolute atomic E-state index is 12.6. The first-order valence-corrected chi connectivity index (χ1v) is 8.67. The summed E-state index contributed by atoms with van der Waals surface area (Å²) in [6, 6.07) is 5.27. The van der Waals surface area contributed by atoms with Crippen LogP contribution in [0, 0.1) is 30.1 Å². The van der Waals surface area contributed by atoms with Gasteiger partial charge in [-0.3, -0.25) is 9.59 Å². The molecule has 0 aliphatic carbocycles. The fourth-order valence-electron chi connectivity index (χ4n) is 2.83. The average molecular weight is 347 g/mol. The average Bonchev–Trinajstić information content (AvgIpc) is 3.01. The number of piperidine rings is 1. The van der Waals surface area contributed by atoms with Crippen LogP contribution in [0.2, 0.25) is 0 Å². The molecule has 2 rings (SSSR count). The Hall–Kier alpha value is -2.20. The number of amides is 2. The van der Waals surface area contributed by atoms with Crippen LogP contribution in [0.3, 0.4) is 0 Å². The highest BCUT2D eigenvalue weighted by Gasteiger charge is 2.36. The third-order valence-corrected chi connectivity index (χ3v) is 5.22. The highest BCUT2D eigenvalue weighted by molar-refractivity contribution is 7.14. The lowest BCUT2D eigenvalue weighted by Gasteiger charge is -2.33. The van der Waals surface area contributed by atoms with E-state index >= 15 is 0 Å². The molecule has 0 radical (unpaired) electrons. The molecule has 1 saturated heterocycles. The van der Waals surface area contributed by atoms with Gasteiger partial charge in [-0.1, -0.05) is 0 Å². The van der Waals surface area contributed by atoms with Crippen LogP contribution >= 0.6 is 11.3 Å². The van der Waals surface area contributed by atoms with Crippen LogP contribution in [0.25, 0.3) is 0 Å². The summed E-state index contributed by atoms with van der Waals surface area (Å²) in [6.45, 7) is 2.82. The second kappa shape index (κ2) is 7.58. The first-order chi connectivity index (χ1) is 11.3. The number of urea groups is 1. The minimum Gasteiger partial charge on any atom is -0.331 e. The Morgan fingerprint density at radius 1 is 1.29 bits per heavy atom. The van der Waals surface area contributed by atoms with Gasteiger partial charge in [0.15, 0.2) is 17.5 Å². The van der Waals surface area contributed by atoms with Gasteiger partial charge in [0.1, 0.15) is 0 Å². The summed E-state index contributed by atoms with van der Waals surface area (Å²) in [7, 11) is 3.37. The normalized spacial score (nSPS) is 16.3. The molecule has 0 bridgehead atoms. The van der Waals surface area contributed by atoms with Crippen molar-refractivity contribution < 1.29 is 14.4 Å². The van der Waals surface area contributed by atoms with Gasteiger partial charge in [-0.25, -0.2) is 4.79 Å². The van der Waals surface area contributed by atoms with Crippen molar-refractivity contribution in [1.29, 1.82) is 5.26 Å². The van der Waals surface area contributed by atoms with Gasteiger partial charge in [0.05, 0.1) is 10.9 Å². The molecule has 1 aromatic rings. The van der Waals surface area contributed by atoms with E-state index in [2.05, 4.69) is 0 Å². The maximum Gasteiger partial charge on any atom is 0.319 e. The van der Waals surface area contributed by atoms with Gasteiger partial charge in [-0.05, 0) is 31.9 Å². The fraction of sp³-hybridized carbons (Fsp3) is 0.529. The number of Topliss-reactive ketones (excluding diaryl/α,β-unsaturated/α-hetero) is 2. The summed E-state index contributed by atoms with van der Waals surface area (Å²) in [4.78, 5) is 41.6. The molecule has 128 valence electrons. The number of hydrogen-bond donors (Lipinski definition) is 0. The number of likely N-dealkylation sites (tertiary alicyclic amines) is 1. The van der Waals surface area contributed by atoms with E-state index in [1.54, 1.807) is 25.1 Å². The van der Waals surface area contributed by atoms with E-state index in [4.69, 9.17) is 0 Å². The molecular weight excluding hydrogens is 326 g/mol. The molecule has 2 amide bonds. The molecule has 1 fully saturated rings. The number of aryl methyl sites for hydroxylation is 1. The number of nitriles is 1. The first-order valence-electron chi connectivity index (χ1n) is 7.85. The number of rotatable bonds is 4. The molecule has 0 unspecified atom stereocenters. The number of ketones is 2. The van der Waals surface area contributed by atoms with Gasteiger partial charge in [0.25, 0.3) is 0 Å². The Labute approximate surface area is 145 Å². The Morgan fingerprint density at radius 2 is 1.92 bits per heavy atom. The Balaban J connectivity index is 2.02. The van der Waals surface area contributed by atoms with Crippen LogP contribution in [-0.4, -0.2) is 54.6 Å². The Bertz CT molecular complexity index is 681. The Morgan fingerprint density at radius 3 is 2.38 bits per heavy atom. The van der Waals surface area contributed by atoms with Crippen LogP contribution in [0.15, 0.2) is 12.1 Å². The lowest BCUT2D eigenvalue weighted by atomic mass is 9.84. The zero-order valence-electron chi connectivity index (χ0n) is 14.1. The van der Waals surface area contributed by atoms with Gasteiger partial charge >= 0.3 is 6.03 Å². The second-order valence-electron chi connectivity index (χ2n) is 6.18. The van der Waals surface area contributed by atoms with Crippen LogP contribution < -0.4 is 0 Å². The summed E-state index contributed by atoms with van der Waals surface area (Å²) in [5, 5.41) is 9.32. The third-order valence-electron chi connectivity index (χ3n) is 4.21. The van der Waals surface area contributed by atoms with Crippen molar-refractivity contribution in [3.63, 3.8) is 0 Å². The smallest absolute Gasteiger partial charge is 0.319 e. The van der Waals surface area contributed by atoms with Gasteiger partial charge in [0.2, 0.25) is 0 Å². The summed E-state index contributed by atoms with van der Waals surface area (Å²) in [6.07, 6.45) is 0.987. The largest absolute Gasteiger partial charge is 0.331 e. The molecule has 0 saturated carbocycles. The van der Waals surface area contributed by atoms with Gasteiger partial charge < -0.3 is 9.80 Å². The molecule has 1 aromatic heterocycles. The zero-order chi connectivity index (χ0) is 17.9. The van der Waals surface area contributed by atoms with Crippen molar-refractivity contribution in [1.82, 2.24) is 9.80 Å². The predicted octanol–water partition coefficient (Wildman–Crippen LogP) is 2.34. The summed E-state index contributed by atoms with van der Waals surface area (Å²) < 4.78 is 0. The molecule has 0 N–H and O–H groups in total. The molecule has 1 atom stereocenters. The van der Waals surface area contributed by atoms with Gasteiger partial charge in [0, 0.05) is 38.0 Å². The summed E-state index contributed by atoms with van der Waals surface area (Å²) in [5.74, 6) is -2.31. The molecule has 24 heavy (non-hydrogen) atoms. The topological polar surface area (TPSA) is 81.5 Å². The SMILES string of the molecule is Cc1ccc(C(=O)[C@@H](C#N)C(=O)C2CCN(C(=O)N(C)C)CC2)s1. The molecule has 7 heteroatoms. The van der Waals surface area contributed by atoms with Crippen molar-refractivity contribution >= 4 is 28.9 Å². The molecule has 1 aliphatic rings. The minimum atomic E-state index is -1.25. The highest BCUT2D eigenvalue weighted by Crippen LogP contribution is 2.25. The van der Waals surface area contributed by atoms with E-state index in [0.29, 0.717) is 30.8 Å². The van der Waals surface area contributed by atoms with Crippen LogP contribution in [0.5, 0.6) is 0 Å². The third kappa shape index (κ3) is 3.82. The van der Waals surface area contributed by atoms with Crippen LogP contribution in [-0.2, 0) is 4.79 Å². The van der Waals surface area contributed by atoms with Crippen molar-refractivity contribution in [2.45, 2.75) is 19.8 Å². The molecule has 2 heterocycles. The summed E-state index contributed by atoms with van der Waals surface area (Å²) >= 11 is 1.30. The lowest BCUT2D eigenvalue weighted by molar-refractivity contribution is -0.125. The molecule has 0 aromatic carbocycles. The highest BCUT2D eigenvalue weighted by atomic mass is 32.1. The lowest BCUT2D eigenvalue weighted by Crippen LogP contribution is -2.45. The van der Waals surface area contributed by atoms with Crippen molar-refractivity contribution in [3.05, 3.63) is 21.9 Å². The van der Waals surface area contributed by atoms with E-state index in [1.165, 1.54) is 16.2 Å². The van der Waals surface area contributed by atoms with Crippen molar-refractivity contribution in [2.24, 2.45) is 11.8 Å². The number of thiophene rings is 1. The first kappa shape index (κ1) is 18.1. The van der Waals surface area contributed by atoms with E-state index in [1.807, 2.05) is 19.1 Å². The Kier molecular flexibility index (Phi) is 5.73. The quantitative estimate of drug-likeness (QED) is 0.618. The van der Waals surface area contributed by atoms with Crippen molar-refractivity contribution in [2.75, 3.05) is 27.2 Å². The fourth-order valence-corrected chi connectivity index (χ4v) is 3.67. The molecule has 0 spiro atoms. The van der Waals surface area contributed by atoms with E-state index < -0.39 is 11.7 Å². The predicted molar refractivity (Wildman–Crippen MR) is 90.9 cm³/mol. The van der Waals surface area contributed by atoms with Crippen molar-refractivity contribution in [3.8, 4) is 6.07 Å². The van der Waals surface area contributed by atoms with Crippen LogP contribution in [0.4, 0.5) is 4.79 Å². The molecule has 6 nitrogen and oxygen atoms in total. The summed E-state index contributed by atoms with van der Waals surface area (Å²) in [5.41, 5.74) is 0. The molecule has 1 aliphatic heterocycles. The number of carbonyl (C=O) groups is 3. The second-order valence-corrected chi connectivity index (χ2v) is 7.47. The van der Waals surface area contributed by atoms with E-state index in [-0.39, 0.29) is 17.7 Å². The monoisotopic (exact) mass is 347 g/mol. The molecular formula is C17H21N3O3S. The number of nitrogens with zero attached hydrogens (tertiary/aromatic N) is 3. The number of carbonyl (C=O) groups excluding carboxylic acids is 3. The van der Waals surface area contributed by atoms with E-state index in [0.717, 1.165) is 4.88 Å².